The Bertz CT molecular complexity index is 527. The van der Waals surface area contributed by atoms with E-state index in [2.05, 4.69) is 10.1 Å². The molecule has 0 atom stereocenters. The number of pyridine rings is 1. The second-order valence-electron chi connectivity index (χ2n) is 3.16. The van der Waals surface area contributed by atoms with Crippen molar-refractivity contribution in [2.24, 2.45) is 0 Å². The summed E-state index contributed by atoms with van der Waals surface area (Å²) in [5.41, 5.74) is 6.87. The molecular weight excluding hydrogens is 194 g/mol. The van der Waals surface area contributed by atoms with Gasteiger partial charge in [0.25, 0.3) is 0 Å². The third-order valence-electron chi connectivity index (χ3n) is 2.19. The number of aromatic nitrogens is 2. The fraction of sp³-hybridized carbons (Fsp3) is 0.200. The Morgan fingerprint density at radius 1 is 1.53 bits per heavy atom. The van der Waals surface area contributed by atoms with Gasteiger partial charge in [-0.05, 0) is 12.5 Å². The molecule has 5 heteroatoms. The fourth-order valence-corrected chi connectivity index (χ4v) is 1.45. The van der Waals surface area contributed by atoms with Gasteiger partial charge >= 0.3 is 0 Å². The standard InChI is InChI=1S/C10H11N3O2/c1-2-6-9(15-13-10(6)11)7-4-3-5-8(14)12-7/h3-5H,2H2,1H3,(H2,11,13)(H,12,14). The topological polar surface area (TPSA) is 84.9 Å². The maximum Gasteiger partial charge on any atom is 0.248 e. The monoisotopic (exact) mass is 205 g/mol. The lowest BCUT2D eigenvalue weighted by atomic mass is 10.1. The van der Waals surface area contributed by atoms with Crippen molar-refractivity contribution < 1.29 is 4.52 Å². The molecule has 0 aromatic carbocycles. The van der Waals surface area contributed by atoms with E-state index in [1.54, 1.807) is 12.1 Å². The molecule has 0 unspecified atom stereocenters. The highest BCUT2D eigenvalue weighted by Gasteiger charge is 2.14. The molecule has 3 N–H and O–H groups in total. The molecule has 2 heterocycles. The Morgan fingerprint density at radius 3 is 3.00 bits per heavy atom. The first-order valence-corrected chi connectivity index (χ1v) is 4.66. The predicted octanol–water partition coefficient (Wildman–Crippen LogP) is 1.17. The van der Waals surface area contributed by atoms with Crippen LogP contribution in [0, 0.1) is 0 Å². The minimum absolute atomic E-state index is 0.176. The SMILES string of the molecule is CCc1c(N)noc1-c1cccc(=O)[nH]1. The molecule has 0 fully saturated rings. The Labute approximate surface area is 85.9 Å². The van der Waals surface area contributed by atoms with Crippen molar-refractivity contribution in [1.82, 2.24) is 10.1 Å². The van der Waals surface area contributed by atoms with E-state index in [-0.39, 0.29) is 5.56 Å². The van der Waals surface area contributed by atoms with E-state index in [0.29, 0.717) is 23.7 Å². The van der Waals surface area contributed by atoms with Crippen molar-refractivity contribution in [3.8, 4) is 11.5 Å². The van der Waals surface area contributed by atoms with Crippen LogP contribution in [0.2, 0.25) is 0 Å². The fourth-order valence-electron chi connectivity index (χ4n) is 1.45. The molecule has 15 heavy (non-hydrogen) atoms. The van der Waals surface area contributed by atoms with Gasteiger partial charge in [-0.3, -0.25) is 4.79 Å². The zero-order valence-electron chi connectivity index (χ0n) is 8.28. The minimum atomic E-state index is -0.176. The van der Waals surface area contributed by atoms with Gasteiger partial charge in [-0.15, -0.1) is 0 Å². The van der Waals surface area contributed by atoms with Crippen molar-refractivity contribution in [1.29, 1.82) is 0 Å². The maximum atomic E-state index is 11.1. The lowest BCUT2D eigenvalue weighted by Crippen LogP contribution is -2.04. The van der Waals surface area contributed by atoms with Crippen LogP contribution < -0.4 is 11.3 Å². The van der Waals surface area contributed by atoms with Gasteiger partial charge in [0, 0.05) is 11.6 Å². The smallest absolute Gasteiger partial charge is 0.248 e. The molecule has 0 spiro atoms. The zero-order chi connectivity index (χ0) is 10.8. The van der Waals surface area contributed by atoms with Crippen molar-refractivity contribution in [3.05, 3.63) is 34.1 Å². The average Bonchev–Trinajstić information content (AvgIpc) is 2.59. The molecule has 0 aliphatic rings. The predicted molar refractivity (Wildman–Crippen MR) is 56.4 cm³/mol. The van der Waals surface area contributed by atoms with Crippen molar-refractivity contribution in [2.45, 2.75) is 13.3 Å². The lowest BCUT2D eigenvalue weighted by molar-refractivity contribution is 0.433. The van der Waals surface area contributed by atoms with Crippen LogP contribution in [0.1, 0.15) is 12.5 Å². The third-order valence-corrected chi connectivity index (χ3v) is 2.19. The molecule has 0 aliphatic carbocycles. The summed E-state index contributed by atoms with van der Waals surface area (Å²) in [4.78, 5) is 13.8. The molecule has 0 aliphatic heterocycles. The van der Waals surface area contributed by atoms with Crippen LogP contribution in [-0.4, -0.2) is 10.1 Å². The third kappa shape index (κ3) is 1.63. The van der Waals surface area contributed by atoms with E-state index < -0.39 is 0 Å². The summed E-state index contributed by atoms with van der Waals surface area (Å²) < 4.78 is 5.08. The van der Waals surface area contributed by atoms with Crippen LogP contribution in [0.3, 0.4) is 0 Å². The van der Waals surface area contributed by atoms with Crippen LogP contribution >= 0.6 is 0 Å². The number of H-pyrrole nitrogens is 1. The number of nitrogens with two attached hydrogens (primary N) is 1. The lowest BCUT2D eigenvalue weighted by Gasteiger charge is -1.98. The Balaban J connectivity index is 2.58. The first-order chi connectivity index (χ1) is 7.22. The second kappa shape index (κ2) is 3.61. The maximum absolute atomic E-state index is 11.1. The molecule has 5 nitrogen and oxygen atoms in total. The zero-order valence-corrected chi connectivity index (χ0v) is 8.28. The van der Waals surface area contributed by atoms with E-state index in [0.717, 1.165) is 5.56 Å². The molecule has 2 aromatic heterocycles. The highest BCUT2D eigenvalue weighted by atomic mass is 16.5. The van der Waals surface area contributed by atoms with E-state index in [1.165, 1.54) is 6.07 Å². The minimum Gasteiger partial charge on any atom is -0.381 e. The summed E-state index contributed by atoms with van der Waals surface area (Å²) in [5, 5.41) is 3.67. The number of nitrogens with one attached hydrogen (secondary N) is 1. The molecule has 2 aromatic rings. The summed E-state index contributed by atoms with van der Waals surface area (Å²) >= 11 is 0. The van der Waals surface area contributed by atoms with Crippen molar-refractivity contribution >= 4 is 5.82 Å². The number of nitrogen functional groups attached to an aromatic ring is 1. The summed E-state index contributed by atoms with van der Waals surface area (Å²) in [6.07, 6.45) is 0.710. The molecule has 0 radical (unpaired) electrons. The van der Waals surface area contributed by atoms with Crippen LogP contribution in [0.5, 0.6) is 0 Å². The van der Waals surface area contributed by atoms with Gasteiger partial charge in [0.05, 0.1) is 5.69 Å². The van der Waals surface area contributed by atoms with E-state index >= 15 is 0 Å². The molecule has 0 saturated carbocycles. The normalized spacial score (nSPS) is 10.5. The second-order valence-corrected chi connectivity index (χ2v) is 3.16. The van der Waals surface area contributed by atoms with Gasteiger partial charge in [0.2, 0.25) is 5.56 Å². The number of rotatable bonds is 2. The Morgan fingerprint density at radius 2 is 2.33 bits per heavy atom. The number of anilines is 1. The molecule has 2 rings (SSSR count). The van der Waals surface area contributed by atoms with E-state index in [1.807, 2.05) is 6.92 Å². The number of hydrogen-bond acceptors (Lipinski definition) is 4. The largest absolute Gasteiger partial charge is 0.381 e. The van der Waals surface area contributed by atoms with Crippen LogP contribution in [-0.2, 0) is 6.42 Å². The van der Waals surface area contributed by atoms with Gasteiger partial charge < -0.3 is 15.2 Å². The number of nitrogens with zero attached hydrogens (tertiary/aromatic N) is 1. The van der Waals surface area contributed by atoms with Crippen molar-refractivity contribution in [2.75, 3.05) is 5.73 Å². The Kier molecular flexibility index (Phi) is 2.29. The molecule has 0 saturated heterocycles. The quantitative estimate of drug-likeness (QED) is 0.770. The average molecular weight is 205 g/mol. The molecular formula is C10H11N3O2. The first kappa shape index (κ1) is 9.51. The van der Waals surface area contributed by atoms with Gasteiger partial charge in [-0.25, -0.2) is 0 Å². The summed E-state index contributed by atoms with van der Waals surface area (Å²) in [6, 6.07) is 4.85. The van der Waals surface area contributed by atoms with E-state index in [4.69, 9.17) is 10.3 Å². The molecule has 0 amide bonds. The van der Waals surface area contributed by atoms with Gasteiger partial charge in [-0.2, -0.15) is 0 Å². The summed E-state index contributed by atoms with van der Waals surface area (Å²) in [5.74, 6) is 0.907. The van der Waals surface area contributed by atoms with Crippen LogP contribution in [0.4, 0.5) is 5.82 Å². The first-order valence-electron chi connectivity index (χ1n) is 4.66. The highest BCUT2D eigenvalue weighted by molar-refractivity contribution is 5.62. The summed E-state index contributed by atoms with van der Waals surface area (Å²) in [6.45, 7) is 1.95. The number of aromatic amines is 1. The van der Waals surface area contributed by atoms with Crippen molar-refractivity contribution in [3.63, 3.8) is 0 Å². The number of hydrogen-bond donors (Lipinski definition) is 2. The summed E-state index contributed by atoms with van der Waals surface area (Å²) in [7, 11) is 0. The van der Waals surface area contributed by atoms with Gasteiger partial charge in [-0.1, -0.05) is 18.1 Å². The van der Waals surface area contributed by atoms with Crippen LogP contribution in [0.15, 0.2) is 27.5 Å². The molecule has 78 valence electrons. The van der Waals surface area contributed by atoms with E-state index in [9.17, 15) is 4.79 Å². The van der Waals surface area contributed by atoms with Gasteiger partial charge in [0.1, 0.15) is 0 Å². The highest BCUT2D eigenvalue weighted by Crippen LogP contribution is 2.25. The molecule has 0 bridgehead atoms. The Hall–Kier alpha value is -2.04. The van der Waals surface area contributed by atoms with Gasteiger partial charge in [0.15, 0.2) is 11.6 Å². The van der Waals surface area contributed by atoms with Crippen LogP contribution in [0.25, 0.3) is 11.5 Å².